The largest absolute Gasteiger partial charge is 0.492 e. The zero-order valence-electron chi connectivity index (χ0n) is 20.4. The van der Waals surface area contributed by atoms with Crippen LogP contribution < -0.4 is 4.74 Å². The molecule has 37 heavy (non-hydrogen) atoms. The van der Waals surface area contributed by atoms with Crippen molar-refractivity contribution in [3.8, 4) is 5.75 Å². The Balaban J connectivity index is 1.11. The van der Waals surface area contributed by atoms with Gasteiger partial charge in [-0.2, -0.15) is 17.7 Å². The second-order valence-corrected chi connectivity index (χ2v) is 11.1. The fourth-order valence-electron chi connectivity index (χ4n) is 5.90. The topological polar surface area (TPSA) is 57.3 Å². The van der Waals surface area contributed by atoms with E-state index < -0.39 is 17.3 Å². The number of hydrogen-bond donors (Lipinski definition) is 1. The summed E-state index contributed by atoms with van der Waals surface area (Å²) in [6, 6.07) is 8.52. The molecule has 1 saturated heterocycles. The van der Waals surface area contributed by atoms with Gasteiger partial charge in [0.15, 0.2) is 5.69 Å². The van der Waals surface area contributed by atoms with Crippen molar-refractivity contribution >= 4 is 35.0 Å². The summed E-state index contributed by atoms with van der Waals surface area (Å²) in [5.74, 6) is 0.145. The van der Waals surface area contributed by atoms with Crippen LogP contribution in [0.3, 0.4) is 0 Å². The van der Waals surface area contributed by atoms with Crippen LogP contribution in [0.15, 0.2) is 35.3 Å². The van der Waals surface area contributed by atoms with Crippen molar-refractivity contribution in [3.63, 3.8) is 0 Å². The molecule has 2 aromatic carbocycles. The Morgan fingerprint density at radius 1 is 1.19 bits per heavy atom. The van der Waals surface area contributed by atoms with Gasteiger partial charge in [0.25, 0.3) is 6.34 Å². The van der Waals surface area contributed by atoms with Crippen molar-refractivity contribution in [2.24, 2.45) is 4.99 Å². The van der Waals surface area contributed by atoms with Gasteiger partial charge in [-0.05, 0) is 54.1 Å². The first-order chi connectivity index (χ1) is 17.5. The van der Waals surface area contributed by atoms with Crippen LogP contribution in [0.5, 0.6) is 5.75 Å². The smallest absolute Gasteiger partial charge is 0.420 e. The molecule has 0 bridgehead atoms. The van der Waals surface area contributed by atoms with E-state index >= 15 is 0 Å². The predicted molar refractivity (Wildman–Crippen MR) is 133 cm³/mol. The molecule has 6 nitrogen and oxygen atoms in total. The average Bonchev–Trinajstić information content (AvgIpc) is 3.39. The Morgan fingerprint density at radius 3 is 2.65 bits per heavy atom. The first-order valence-electron chi connectivity index (χ1n) is 12.5. The third-order valence-electron chi connectivity index (χ3n) is 7.84. The number of likely N-dealkylation sites (tertiary alicyclic amines) is 1. The summed E-state index contributed by atoms with van der Waals surface area (Å²) in [4.78, 5) is 6.46. The molecule has 2 fully saturated rings. The molecule has 3 heterocycles. The van der Waals surface area contributed by atoms with Gasteiger partial charge in [0, 0.05) is 43.6 Å². The van der Waals surface area contributed by atoms with Crippen LogP contribution in [-0.2, 0) is 23.1 Å². The van der Waals surface area contributed by atoms with E-state index in [9.17, 15) is 18.3 Å². The summed E-state index contributed by atoms with van der Waals surface area (Å²) in [5, 5.41) is 10.7. The number of ether oxygens (including phenoxy) is 2. The molecule has 6 rings (SSSR count). The molecule has 3 aliphatic heterocycles. The zero-order valence-corrected chi connectivity index (χ0v) is 21.2. The number of piperidine rings is 1. The lowest BCUT2D eigenvalue weighted by atomic mass is 9.79. The van der Waals surface area contributed by atoms with Gasteiger partial charge >= 0.3 is 6.18 Å². The minimum Gasteiger partial charge on any atom is -0.492 e. The molecule has 1 saturated carbocycles. The third-order valence-corrected chi connectivity index (χ3v) is 8.07. The second kappa shape index (κ2) is 8.80. The highest BCUT2D eigenvalue weighted by atomic mass is 35.5. The van der Waals surface area contributed by atoms with Crippen LogP contribution in [0.2, 0.25) is 5.02 Å². The van der Waals surface area contributed by atoms with E-state index in [4.69, 9.17) is 21.1 Å². The minimum atomic E-state index is -4.57. The molecule has 1 spiro atoms. The van der Waals surface area contributed by atoms with Gasteiger partial charge < -0.3 is 14.6 Å². The van der Waals surface area contributed by atoms with Gasteiger partial charge in [-0.3, -0.25) is 4.90 Å². The standard InChI is InChI=1S/C27H28ClF3N3O3/c1-25(35)13-19(14-25)34-16-32-23-12-20(11-22(24(23)34)27(29,30)31)36-9-8-33-6-4-26(5-7-33)21-10-18(28)3-2-17(21)15-37-26/h2-3,10-12,16,35H,4-9,13-15H2,1H3/q+1. The highest BCUT2D eigenvalue weighted by molar-refractivity contribution is 6.30. The van der Waals surface area contributed by atoms with Crippen molar-refractivity contribution in [3.05, 3.63) is 52.0 Å². The molecule has 0 amide bonds. The number of alkyl halides is 3. The molecule has 0 radical (unpaired) electrons. The SMILES string of the molecule is CC1(O)CC(=[N+]2C=Nc3cc(OCCN4CCC5(CC4)OCc4ccc(Cl)cc45)cc(C(F)(F)F)c32)C1. The quantitative estimate of drug-likeness (QED) is 0.522. The number of rotatable bonds is 4. The van der Waals surface area contributed by atoms with E-state index in [0.29, 0.717) is 36.7 Å². The van der Waals surface area contributed by atoms with E-state index in [2.05, 4.69) is 9.89 Å². The summed E-state index contributed by atoms with van der Waals surface area (Å²) in [6.07, 6.45) is -0.886. The summed E-state index contributed by atoms with van der Waals surface area (Å²) < 4.78 is 55.5. The lowest BCUT2D eigenvalue weighted by molar-refractivity contribution is -0.306. The van der Waals surface area contributed by atoms with Gasteiger partial charge in [-0.25, -0.2) is 0 Å². The Kier molecular flexibility index (Phi) is 5.91. The van der Waals surface area contributed by atoms with E-state index in [1.807, 2.05) is 18.2 Å². The summed E-state index contributed by atoms with van der Waals surface area (Å²) in [5.41, 5.74) is 1.31. The maximum absolute atomic E-state index is 14.0. The molecular weight excluding hydrogens is 507 g/mol. The molecule has 0 unspecified atom stereocenters. The van der Waals surface area contributed by atoms with E-state index in [-0.39, 0.29) is 29.3 Å². The first-order valence-corrected chi connectivity index (χ1v) is 12.8. The van der Waals surface area contributed by atoms with Crippen LogP contribution in [-0.4, -0.2) is 58.5 Å². The van der Waals surface area contributed by atoms with E-state index in [1.165, 1.54) is 22.0 Å². The number of nitrogens with zero attached hydrogens (tertiary/aromatic N) is 3. The maximum atomic E-state index is 14.0. The van der Waals surface area contributed by atoms with Crippen LogP contribution in [0.25, 0.3) is 0 Å². The molecule has 1 N–H and O–H groups in total. The van der Waals surface area contributed by atoms with Gasteiger partial charge in [-0.15, -0.1) is 0 Å². The van der Waals surface area contributed by atoms with Crippen LogP contribution in [0.4, 0.5) is 24.5 Å². The third kappa shape index (κ3) is 4.56. The molecule has 0 aromatic heterocycles. The molecule has 0 atom stereocenters. The van der Waals surface area contributed by atoms with Crippen molar-refractivity contribution < 1.29 is 32.3 Å². The number of hydrogen-bond acceptors (Lipinski definition) is 5. The van der Waals surface area contributed by atoms with Crippen LogP contribution in [0, 0.1) is 0 Å². The fraction of sp³-hybridized carbons (Fsp3) is 0.481. The number of fused-ring (bicyclic) bond motifs is 3. The Labute approximate surface area is 218 Å². The predicted octanol–water partition coefficient (Wildman–Crippen LogP) is 5.56. The summed E-state index contributed by atoms with van der Waals surface area (Å²) in [7, 11) is 0. The van der Waals surface area contributed by atoms with Crippen LogP contribution >= 0.6 is 11.6 Å². The number of halogens is 4. The molecular formula is C27H28ClF3N3O3+. The van der Waals surface area contributed by atoms with Crippen molar-refractivity contribution in [2.75, 3.05) is 26.2 Å². The molecule has 4 aliphatic rings. The Bertz CT molecular complexity index is 1300. The van der Waals surface area contributed by atoms with E-state index in [1.54, 1.807) is 13.0 Å². The van der Waals surface area contributed by atoms with Crippen molar-refractivity contribution in [1.29, 1.82) is 0 Å². The first kappa shape index (κ1) is 24.9. The van der Waals surface area contributed by atoms with Gasteiger partial charge in [0.2, 0.25) is 5.69 Å². The van der Waals surface area contributed by atoms with Gasteiger partial charge in [0.05, 0.1) is 23.5 Å². The number of aliphatic hydroxyl groups is 1. The highest BCUT2D eigenvalue weighted by Gasteiger charge is 2.46. The normalized spacial score (nSPS) is 24.4. The van der Waals surface area contributed by atoms with Gasteiger partial charge in [0.1, 0.15) is 17.9 Å². The minimum absolute atomic E-state index is 0.00336. The van der Waals surface area contributed by atoms with Gasteiger partial charge in [-0.1, -0.05) is 17.7 Å². The molecule has 2 aromatic rings. The van der Waals surface area contributed by atoms with Crippen molar-refractivity contribution in [1.82, 2.24) is 4.90 Å². The highest BCUT2D eigenvalue weighted by Crippen LogP contribution is 2.48. The average molecular weight is 535 g/mol. The van der Waals surface area contributed by atoms with E-state index in [0.717, 1.165) is 32.0 Å². The lowest BCUT2D eigenvalue weighted by Crippen LogP contribution is -2.44. The monoisotopic (exact) mass is 534 g/mol. The summed E-state index contributed by atoms with van der Waals surface area (Å²) >= 11 is 6.23. The number of aliphatic imine (C=N–C) groups is 1. The fourth-order valence-corrected chi connectivity index (χ4v) is 6.07. The maximum Gasteiger partial charge on any atom is 0.420 e. The molecule has 196 valence electrons. The second-order valence-electron chi connectivity index (χ2n) is 10.6. The Morgan fingerprint density at radius 2 is 1.95 bits per heavy atom. The zero-order chi connectivity index (χ0) is 26.0. The summed E-state index contributed by atoms with van der Waals surface area (Å²) in [6.45, 7) is 4.72. The number of benzene rings is 2. The van der Waals surface area contributed by atoms with Crippen molar-refractivity contribution in [2.45, 2.75) is 56.6 Å². The van der Waals surface area contributed by atoms with Crippen LogP contribution in [0.1, 0.15) is 49.3 Å². The Hall–Kier alpha value is -2.46. The molecule has 1 aliphatic carbocycles. The molecule has 10 heteroatoms. The lowest BCUT2D eigenvalue weighted by Gasteiger charge is -2.39.